The van der Waals surface area contributed by atoms with E-state index < -0.39 is 0 Å². The molecular formula is C13H17N3O. The van der Waals surface area contributed by atoms with Crippen LogP contribution in [-0.4, -0.2) is 37.4 Å². The first-order valence-corrected chi connectivity index (χ1v) is 5.78. The summed E-state index contributed by atoms with van der Waals surface area (Å²) in [5, 5.41) is 21.7. The van der Waals surface area contributed by atoms with Gasteiger partial charge in [0, 0.05) is 13.1 Å². The highest BCUT2D eigenvalue weighted by Crippen LogP contribution is 2.28. The van der Waals surface area contributed by atoms with Crippen LogP contribution in [-0.2, 0) is 0 Å². The van der Waals surface area contributed by atoms with Gasteiger partial charge in [0.2, 0.25) is 0 Å². The van der Waals surface area contributed by atoms with Gasteiger partial charge in [0.15, 0.2) is 0 Å². The van der Waals surface area contributed by atoms with Crippen LogP contribution in [0.25, 0.3) is 0 Å². The molecule has 1 fully saturated rings. The number of para-hydroxylation sites is 1. The Morgan fingerprint density at radius 1 is 1.53 bits per heavy atom. The maximum atomic E-state index is 9.45. The highest BCUT2D eigenvalue weighted by molar-refractivity contribution is 5.60. The number of benzene rings is 1. The van der Waals surface area contributed by atoms with E-state index in [1.165, 1.54) is 0 Å². The monoisotopic (exact) mass is 231 g/mol. The number of aliphatic hydroxyl groups excluding tert-OH is 1. The topological polar surface area (TPSA) is 59.3 Å². The molecule has 1 aromatic carbocycles. The molecule has 1 saturated heterocycles. The summed E-state index contributed by atoms with van der Waals surface area (Å²) in [7, 11) is 1.87. The fourth-order valence-electron chi connectivity index (χ4n) is 2.33. The van der Waals surface area contributed by atoms with Crippen molar-refractivity contribution in [3.8, 4) is 6.07 Å². The highest BCUT2D eigenvalue weighted by Gasteiger charge is 2.36. The van der Waals surface area contributed by atoms with Crippen LogP contribution in [0.2, 0.25) is 0 Å². The molecule has 4 nitrogen and oxygen atoms in total. The largest absolute Gasteiger partial charge is 0.394 e. The number of nitrogens with zero attached hydrogens (tertiary/aromatic N) is 2. The summed E-state index contributed by atoms with van der Waals surface area (Å²) in [6.45, 7) is 1.72. The Balaban J connectivity index is 2.24. The molecule has 1 aromatic rings. The molecule has 0 aliphatic carbocycles. The lowest BCUT2D eigenvalue weighted by Crippen LogP contribution is -2.48. The molecule has 1 aliphatic heterocycles. The number of nitriles is 1. The van der Waals surface area contributed by atoms with Crippen molar-refractivity contribution in [3.63, 3.8) is 0 Å². The molecular weight excluding hydrogens is 214 g/mol. The van der Waals surface area contributed by atoms with E-state index in [2.05, 4.69) is 16.3 Å². The molecule has 2 rings (SSSR count). The van der Waals surface area contributed by atoms with E-state index in [1.54, 1.807) is 0 Å². The van der Waals surface area contributed by atoms with Crippen LogP contribution < -0.4 is 10.2 Å². The van der Waals surface area contributed by atoms with Gasteiger partial charge in [0.1, 0.15) is 6.07 Å². The molecule has 0 saturated carbocycles. The van der Waals surface area contributed by atoms with Crippen LogP contribution >= 0.6 is 0 Å². The molecule has 0 aromatic heterocycles. The Hall–Kier alpha value is -1.57. The van der Waals surface area contributed by atoms with Crippen molar-refractivity contribution in [2.24, 2.45) is 0 Å². The van der Waals surface area contributed by atoms with Gasteiger partial charge >= 0.3 is 0 Å². The van der Waals surface area contributed by atoms with Crippen LogP contribution in [0.15, 0.2) is 24.3 Å². The van der Waals surface area contributed by atoms with Crippen LogP contribution in [0.4, 0.5) is 5.69 Å². The minimum absolute atomic E-state index is 0.120. The summed E-state index contributed by atoms with van der Waals surface area (Å²) in [4.78, 5) is 2.16. The molecule has 2 N–H and O–H groups in total. The van der Waals surface area contributed by atoms with Crippen molar-refractivity contribution in [2.45, 2.75) is 12.0 Å². The second-order valence-corrected chi connectivity index (χ2v) is 4.49. The third-order valence-electron chi connectivity index (χ3n) is 3.55. The normalized spacial score (nSPS) is 23.7. The summed E-state index contributed by atoms with van der Waals surface area (Å²) >= 11 is 0. The Kier molecular flexibility index (Phi) is 3.32. The van der Waals surface area contributed by atoms with Crippen molar-refractivity contribution in [3.05, 3.63) is 29.8 Å². The Morgan fingerprint density at radius 3 is 2.88 bits per heavy atom. The first kappa shape index (κ1) is 11.9. The molecule has 4 heteroatoms. The van der Waals surface area contributed by atoms with Gasteiger partial charge in [-0.15, -0.1) is 0 Å². The van der Waals surface area contributed by atoms with Crippen molar-refractivity contribution in [1.29, 1.82) is 5.26 Å². The number of likely N-dealkylation sites (N-methyl/N-ethyl adjacent to an activating group) is 1. The van der Waals surface area contributed by atoms with E-state index in [0.717, 1.165) is 25.2 Å². The molecule has 0 bridgehead atoms. The summed E-state index contributed by atoms with van der Waals surface area (Å²) in [6.07, 6.45) is 0.889. The summed E-state index contributed by atoms with van der Waals surface area (Å²) in [5.74, 6) is 0. The number of hydrogen-bond acceptors (Lipinski definition) is 4. The van der Waals surface area contributed by atoms with Crippen LogP contribution in [0.3, 0.4) is 0 Å². The minimum Gasteiger partial charge on any atom is -0.394 e. The number of hydrogen-bond donors (Lipinski definition) is 2. The lowest BCUT2D eigenvalue weighted by molar-refractivity contribution is 0.184. The first-order valence-electron chi connectivity index (χ1n) is 5.78. The molecule has 0 amide bonds. The van der Waals surface area contributed by atoms with Crippen molar-refractivity contribution in [2.75, 3.05) is 31.6 Å². The van der Waals surface area contributed by atoms with Gasteiger partial charge in [-0.1, -0.05) is 12.1 Å². The molecule has 1 heterocycles. The van der Waals surface area contributed by atoms with Gasteiger partial charge in [-0.25, -0.2) is 0 Å². The lowest BCUT2D eigenvalue weighted by atomic mass is 10.0. The van der Waals surface area contributed by atoms with Gasteiger partial charge in [-0.2, -0.15) is 5.26 Å². The Labute approximate surface area is 101 Å². The lowest BCUT2D eigenvalue weighted by Gasteiger charge is -2.27. The first-order chi connectivity index (χ1) is 8.24. The maximum absolute atomic E-state index is 9.45. The highest BCUT2D eigenvalue weighted by atomic mass is 16.3. The standard InChI is InChI=1S/C13H17N3O/c1-15-13(10-17)6-7-16(9-13)12-5-3-2-4-11(12)8-14/h2-5,15,17H,6-7,9-10H2,1H3. The number of nitrogens with one attached hydrogen (secondary N) is 1. The predicted molar refractivity (Wildman–Crippen MR) is 66.9 cm³/mol. The van der Waals surface area contributed by atoms with Crippen molar-refractivity contribution >= 4 is 5.69 Å². The van der Waals surface area contributed by atoms with Crippen LogP contribution in [0.1, 0.15) is 12.0 Å². The average molecular weight is 231 g/mol. The van der Waals surface area contributed by atoms with Crippen molar-refractivity contribution < 1.29 is 5.11 Å². The molecule has 90 valence electrons. The zero-order valence-corrected chi connectivity index (χ0v) is 9.98. The molecule has 0 spiro atoms. The average Bonchev–Trinajstić information content (AvgIpc) is 2.83. The van der Waals surface area contributed by atoms with Crippen molar-refractivity contribution in [1.82, 2.24) is 5.32 Å². The number of rotatable bonds is 3. The van der Waals surface area contributed by atoms with E-state index in [1.807, 2.05) is 31.3 Å². The van der Waals surface area contributed by atoms with Gasteiger partial charge in [-0.3, -0.25) is 0 Å². The number of aliphatic hydroxyl groups is 1. The molecule has 1 atom stereocenters. The predicted octanol–water partition coefficient (Wildman–Crippen LogP) is 0.719. The van der Waals surface area contributed by atoms with E-state index in [9.17, 15) is 5.11 Å². The van der Waals surface area contributed by atoms with Gasteiger partial charge in [0.05, 0.1) is 23.4 Å². The summed E-state index contributed by atoms with van der Waals surface area (Å²) in [5.41, 5.74) is 1.42. The van der Waals surface area contributed by atoms with Gasteiger partial charge in [0.25, 0.3) is 0 Å². The quantitative estimate of drug-likeness (QED) is 0.804. The number of anilines is 1. The van der Waals surface area contributed by atoms with Crippen LogP contribution in [0.5, 0.6) is 0 Å². The third kappa shape index (κ3) is 2.12. The fourth-order valence-corrected chi connectivity index (χ4v) is 2.33. The minimum atomic E-state index is -0.234. The molecule has 1 unspecified atom stereocenters. The molecule has 17 heavy (non-hydrogen) atoms. The smallest absolute Gasteiger partial charge is 0.101 e. The van der Waals surface area contributed by atoms with E-state index in [0.29, 0.717) is 5.56 Å². The summed E-state index contributed by atoms with van der Waals surface area (Å²) in [6, 6.07) is 9.81. The van der Waals surface area contributed by atoms with Gasteiger partial charge < -0.3 is 15.3 Å². The second-order valence-electron chi connectivity index (χ2n) is 4.49. The van der Waals surface area contributed by atoms with E-state index >= 15 is 0 Å². The molecule has 0 radical (unpaired) electrons. The Bertz CT molecular complexity index is 435. The van der Waals surface area contributed by atoms with Gasteiger partial charge in [-0.05, 0) is 25.6 Å². The SMILES string of the molecule is CNC1(CO)CCN(c2ccccc2C#N)C1. The Morgan fingerprint density at radius 2 is 2.29 bits per heavy atom. The zero-order valence-electron chi connectivity index (χ0n) is 9.98. The maximum Gasteiger partial charge on any atom is 0.101 e. The zero-order chi connectivity index (χ0) is 12.3. The van der Waals surface area contributed by atoms with E-state index in [4.69, 9.17) is 5.26 Å². The summed E-state index contributed by atoms with van der Waals surface area (Å²) < 4.78 is 0. The van der Waals surface area contributed by atoms with Crippen LogP contribution in [0, 0.1) is 11.3 Å². The molecule has 1 aliphatic rings. The fraction of sp³-hybridized carbons (Fsp3) is 0.462. The second kappa shape index (κ2) is 4.74. The third-order valence-corrected chi connectivity index (χ3v) is 3.55. The van der Waals surface area contributed by atoms with E-state index in [-0.39, 0.29) is 12.1 Å².